The van der Waals surface area contributed by atoms with Gasteiger partial charge in [0.25, 0.3) is 5.91 Å². The maximum atomic E-state index is 11.8. The third-order valence-electron chi connectivity index (χ3n) is 2.86. The van der Waals surface area contributed by atoms with Crippen molar-refractivity contribution in [3.05, 3.63) is 30.1 Å². The summed E-state index contributed by atoms with van der Waals surface area (Å²) in [5, 5.41) is 12.5. The molecule has 0 aliphatic rings. The normalized spacial score (nSPS) is 15.8. The molecule has 100 valence electrons. The Morgan fingerprint density at radius 1 is 1.50 bits per heavy atom. The summed E-state index contributed by atoms with van der Waals surface area (Å²) in [5.41, 5.74) is 6.66. The van der Waals surface area contributed by atoms with E-state index in [1.807, 2.05) is 26.0 Å². The number of amides is 1. The van der Waals surface area contributed by atoms with E-state index in [2.05, 4.69) is 10.3 Å². The lowest BCUT2D eigenvalue weighted by Gasteiger charge is -2.21. The first-order valence-electron chi connectivity index (χ1n) is 6.20. The third kappa shape index (κ3) is 4.09. The van der Waals surface area contributed by atoms with Gasteiger partial charge in [-0.2, -0.15) is 0 Å². The van der Waals surface area contributed by atoms with Gasteiger partial charge >= 0.3 is 0 Å². The topological polar surface area (TPSA) is 88.2 Å². The van der Waals surface area contributed by atoms with Gasteiger partial charge in [0, 0.05) is 18.4 Å². The Bertz CT molecular complexity index is 370. The molecule has 18 heavy (non-hydrogen) atoms. The molecule has 1 amide bonds. The average Bonchev–Trinajstić information content (AvgIpc) is 2.39. The number of nitrogens with one attached hydrogen (secondary N) is 1. The quantitative estimate of drug-likeness (QED) is 0.696. The molecule has 5 nitrogen and oxygen atoms in total. The van der Waals surface area contributed by atoms with Gasteiger partial charge in [0.2, 0.25) is 0 Å². The molecule has 3 atom stereocenters. The van der Waals surface area contributed by atoms with Crippen LogP contribution in [0.1, 0.15) is 38.3 Å². The zero-order valence-corrected chi connectivity index (χ0v) is 10.8. The van der Waals surface area contributed by atoms with Gasteiger partial charge in [0.05, 0.1) is 6.04 Å². The van der Waals surface area contributed by atoms with Crippen LogP contribution in [-0.2, 0) is 4.79 Å². The Labute approximate surface area is 107 Å². The standard InChI is InChI=1S/C13H21N3O2/c1-3-4-11(14)12(17)13(18)16-9(2)10-5-7-15-8-6-10/h5-9,11-12,17H,3-4,14H2,1-2H3,(H,16,18)/t9-,11-,12?/m0/s1. The Morgan fingerprint density at radius 3 is 2.67 bits per heavy atom. The minimum Gasteiger partial charge on any atom is -0.382 e. The molecule has 1 unspecified atom stereocenters. The molecule has 0 saturated carbocycles. The van der Waals surface area contributed by atoms with Gasteiger partial charge in [-0.25, -0.2) is 0 Å². The second-order valence-electron chi connectivity index (χ2n) is 4.41. The molecule has 0 spiro atoms. The number of hydrogen-bond donors (Lipinski definition) is 3. The summed E-state index contributed by atoms with van der Waals surface area (Å²) in [7, 11) is 0. The van der Waals surface area contributed by atoms with Crippen molar-refractivity contribution in [1.29, 1.82) is 0 Å². The lowest BCUT2D eigenvalue weighted by molar-refractivity contribution is -0.131. The van der Waals surface area contributed by atoms with Crippen LogP contribution in [0.15, 0.2) is 24.5 Å². The maximum absolute atomic E-state index is 11.8. The van der Waals surface area contributed by atoms with Crippen LogP contribution in [0.3, 0.4) is 0 Å². The molecule has 0 saturated heterocycles. The van der Waals surface area contributed by atoms with Crippen molar-refractivity contribution in [2.24, 2.45) is 5.73 Å². The van der Waals surface area contributed by atoms with Gasteiger partial charge in [-0.3, -0.25) is 9.78 Å². The molecule has 0 aromatic carbocycles. The highest BCUT2D eigenvalue weighted by Gasteiger charge is 2.23. The number of carbonyl (C=O) groups is 1. The molecule has 0 fully saturated rings. The lowest BCUT2D eigenvalue weighted by atomic mass is 10.1. The third-order valence-corrected chi connectivity index (χ3v) is 2.86. The highest BCUT2D eigenvalue weighted by Crippen LogP contribution is 2.11. The highest BCUT2D eigenvalue weighted by atomic mass is 16.3. The second-order valence-corrected chi connectivity index (χ2v) is 4.41. The molecule has 0 aliphatic heterocycles. The number of rotatable bonds is 6. The van der Waals surface area contributed by atoms with Crippen molar-refractivity contribution in [3.8, 4) is 0 Å². The number of carbonyl (C=O) groups excluding carboxylic acids is 1. The van der Waals surface area contributed by atoms with Crippen molar-refractivity contribution in [1.82, 2.24) is 10.3 Å². The van der Waals surface area contributed by atoms with E-state index < -0.39 is 18.1 Å². The number of aliphatic hydroxyl groups excluding tert-OH is 1. The largest absolute Gasteiger partial charge is 0.382 e. The molecule has 1 aromatic heterocycles. The van der Waals surface area contributed by atoms with Crippen LogP contribution in [0.2, 0.25) is 0 Å². The predicted molar refractivity (Wildman–Crippen MR) is 69.7 cm³/mol. The Balaban J connectivity index is 2.54. The fourth-order valence-electron chi connectivity index (χ4n) is 1.72. The van der Waals surface area contributed by atoms with Gasteiger partial charge in [-0.05, 0) is 31.0 Å². The highest BCUT2D eigenvalue weighted by molar-refractivity contribution is 5.81. The smallest absolute Gasteiger partial charge is 0.250 e. The maximum Gasteiger partial charge on any atom is 0.250 e. The van der Waals surface area contributed by atoms with Crippen molar-refractivity contribution in [3.63, 3.8) is 0 Å². The average molecular weight is 251 g/mol. The SMILES string of the molecule is CCC[C@H](N)C(O)C(=O)N[C@@H](C)c1ccncc1. The number of pyridine rings is 1. The number of aliphatic hydroxyl groups is 1. The molecular weight excluding hydrogens is 230 g/mol. The Kier molecular flexibility index (Phi) is 5.74. The number of aromatic nitrogens is 1. The zero-order valence-electron chi connectivity index (χ0n) is 10.8. The molecule has 1 aromatic rings. The van der Waals surface area contributed by atoms with E-state index in [9.17, 15) is 9.90 Å². The lowest BCUT2D eigenvalue weighted by Crippen LogP contribution is -2.46. The van der Waals surface area contributed by atoms with Gasteiger partial charge in [0.15, 0.2) is 0 Å². The number of nitrogens with two attached hydrogens (primary N) is 1. The molecule has 4 N–H and O–H groups in total. The van der Waals surface area contributed by atoms with Crippen LogP contribution in [-0.4, -0.2) is 28.1 Å². The first-order chi connectivity index (χ1) is 8.56. The summed E-state index contributed by atoms with van der Waals surface area (Å²) in [4.78, 5) is 15.7. The van der Waals surface area contributed by atoms with E-state index in [0.717, 1.165) is 12.0 Å². The summed E-state index contributed by atoms with van der Waals surface area (Å²) < 4.78 is 0. The summed E-state index contributed by atoms with van der Waals surface area (Å²) in [6.07, 6.45) is 3.63. The van der Waals surface area contributed by atoms with E-state index >= 15 is 0 Å². The fraction of sp³-hybridized carbons (Fsp3) is 0.538. The van der Waals surface area contributed by atoms with E-state index in [4.69, 9.17) is 5.73 Å². The van der Waals surface area contributed by atoms with E-state index in [1.165, 1.54) is 0 Å². The predicted octanol–water partition coefficient (Wildman–Crippen LogP) is 0.747. The van der Waals surface area contributed by atoms with Crippen molar-refractivity contribution in [2.45, 2.75) is 44.9 Å². The molecule has 0 aliphatic carbocycles. The van der Waals surface area contributed by atoms with Crippen LogP contribution in [0, 0.1) is 0 Å². The van der Waals surface area contributed by atoms with Crippen LogP contribution < -0.4 is 11.1 Å². The van der Waals surface area contributed by atoms with E-state index in [1.54, 1.807) is 12.4 Å². The van der Waals surface area contributed by atoms with Crippen molar-refractivity contribution >= 4 is 5.91 Å². The molecule has 1 heterocycles. The first kappa shape index (κ1) is 14.6. The van der Waals surface area contributed by atoms with E-state index in [-0.39, 0.29) is 6.04 Å². The van der Waals surface area contributed by atoms with Gasteiger partial charge < -0.3 is 16.2 Å². The summed E-state index contributed by atoms with van der Waals surface area (Å²) in [6, 6.07) is 2.95. The number of nitrogens with zero attached hydrogens (tertiary/aromatic N) is 1. The second kappa shape index (κ2) is 7.08. The molecular formula is C13H21N3O2. The summed E-state index contributed by atoms with van der Waals surface area (Å²) >= 11 is 0. The summed E-state index contributed by atoms with van der Waals surface area (Å²) in [6.45, 7) is 3.81. The number of hydrogen-bond acceptors (Lipinski definition) is 4. The Morgan fingerprint density at radius 2 is 2.11 bits per heavy atom. The van der Waals surface area contributed by atoms with Gasteiger partial charge in [-0.1, -0.05) is 13.3 Å². The first-order valence-corrected chi connectivity index (χ1v) is 6.20. The minimum atomic E-state index is -1.16. The Hall–Kier alpha value is -1.46. The van der Waals surface area contributed by atoms with Crippen LogP contribution in [0.4, 0.5) is 0 Å². The molecule has 0 radical (unpaired) electrons. The molecule has 1 rings (SSSR count). The van der Waals surface area contributed by atoms with Crippen LogP contribution in [0.25, 0.3) is 0 Å². The monoisotopic (exact) mass is 251 g/mol. The van der Waals surface area contributed by atoms with Crippen LogP contribution in [0.5, 0.6) is 0 Å². The zero-order chi connectivity index (χ0) is 13.5. The van der Waals surface area contributed by atoms with Gasteiger partial charge in [0.1, 0.15) is 6.10 Å². The van der Waals surface area contributed by atoms with Crippen molar-refractivity contribution in [2.75, 3.05) is 0 Å². The van der Waals surface area contributed by atoms with E-state index in [0.29, 0.717) is 6.42 Å². The molecule has 0 bridgehead atoms. The van der Waals surface area contributed by atoms with Crippen LogP contribution >= 0.6 is 0 Å². The fourth-order valence-corrected chi connectivity index (χ4v) is 1.72. The minimum absolute atomic E-state index is 0.177. The molecule has 5 heteroatoms. The summed E-state index contributed by atoms with van der Waals surface area (Å²) in [5.74, 6) is -0.430. The van der Waals surface area contributed by atoms with Gasteiger partial charge in [-0.15, -0.1) is 0 Å². The van der Waals surface area contributed by atoms with Crippen molar-refractivity contribution < 1.29 is 9.90 Å².